The van der Waals surface area contributed by atoms with Crippen LogP contribution in [0.2, 0.25) is 0 Å². The zero-order valence-corrected chi connectivity index (χ0v) is 9.85. The first kappa shape index (κ1) is 11.5. The number of hydrogen-bond acceptors (Lipinski definition) is 1. The van der Waals surface area contributed by atoms with E-state index in [9.17, 15) is 8.78 Å². The summed E-state index contributed by atoms with van der Waals surface area (Å²) in [4.78, 5) is 0. The molecule has 0 heterocycles. The van der Waals surface area contributed by atoms with Crippen molar-refractivity contribution in [1.29, 1.82) is 0 Å². The van der Waals surface area contributed by atoms with Gasteiger partial charge in [0.2, 0.25) is 0 Å². The Morgan fingerprint density at radius 1 is 1.25 bits per heavy atom. The first-order valence-electron chi connectivity index (χ1n) is 5.60. The Balaban J connectivity index is 2.06. The summed E-state index contributed by atoms with van der Waals surface area (Å²) in [6.07, 6.45) is 1.12. The SMILES string of the molecule is CC(NC1CC1(C)C)c1cc(F)cc(F)c1. The van der Waals surface area contributed by atoms with Crippen LogP contribution in [0.15, 0.2) is 18.2 Å². The molecule has 2 rings (SSSR count). The summed E-state index contributed by atoms with van der Waals surface area (Å²) in [6, 6.07) is 4.11. The molecular weight excluding hydrogens is 208 g/mol. The van der Waals surface area contributed by atoms with Crippen molar-refractivity contribution in [2.45, 2.75) is 39.3 Å². The highest BCUT2D eigenvalue weighted by Crippen LogP contribution is 2.45. The van der Waals surface area contributed by atoms with Crippen LogP contribution in [0.4, 0.5) is 8.78 Å². The van der Waals surface area contributed by atoms with Gasteiger partial charge in [-0.25, -0.2) is 8.78 Å². The van der Waals surface area contributed by atoms with Gasteiger partial charge in [-0.2, -0.15) is 0 Å². The van der Waals surface area contributed by atoms with Crippen LogP contribution in [0.5, 0.6) is 0 Å². The summed E-state index contributed by atoms with van der Waals surface area (Å²) in [6.45, 7) is 6.30. The van der Waals surface area contributed by atoms with Crippen LogP contribution >= 0.6 is 0 Å². The summed E-state index contributed by atoms with van der Waals surface area (Å²) < 4.78 is 26.1. The molecule has 16 heavy (non-hydrogen) atoms. The van der Waals surface area contributed by atoms with Gasteiger partial charge in [0, 0.05) is 18.2 Å². The van der Waals surface area contributed by atoms with Gasteiger partial charge >= 0.3 is 0 Å². The third kappa shape index (κ3) is 2.40. The molecule has 2 atom stereocenters. The standard InChI is InChI=1S/C13H17F2N/c1-8(16-12-7-13(12,2)3)9-4-10(14)6-11(15)5-9/h4-6,8,12,16H,7H2,1-3H3. The van der Waals surface area contributed by atoms with E-state index in [1.807, 2.05) is 6.92 Å². The molecule has 0 radical (unpaired) electrons. The van der Waals surface area contributed by atoms with E-state index in [0.717, 1.165) is 12.5 Å². The quantitative estimate of drug-likeness (QED) is 0.831. The van der Waals surface area contributed by atoms with Crippen molar-refractivity contribution in [2.24, 2.45) is 5.41 Å². The Morgan fingerprint density at radius 3 is 2.19 bits per heavy atom. The Morgan fingerprint density at radius 2 is 1.75 bits per heavy atom. The average Bonchev–Trinajstić information content (AvgIpc) is 2.71. The molecule has 1 aromatic carbocycles. The van der Waals surface area contributed by atoms with Crippen LogP contribution in [0.25, 0.3) is 0 Å². The number of halogens is 2. The summed E-state index contributed by atoms with van der Waals surface area (Å²) in [5.41, 5.74) is 0.986. The molecule has 1 nitrogen and oxygen atoms in total. The number of hydrogen-bond donors (Lipinski definition) is 1. The molecule has 1 aliphatic rings. The van der Waals surface area contributed by atoms with Gasteiger partial charge < -0.3 is 5.32 Å². The molecule has 1 aliphatic carbocycles. The molecular formula is C13H17F2N. The highest BCUT2D eigenvalue weighted by molar-refractivity contribution is 5.21. The maximum absolute atomic E-state index is 13.0. The van der Waals surface area contributed by atoms with Crippen LogP contribution in [-0.4, -0.2) is 6.04 Å². The van der Waals surface area contributed by atoms with Crippen LogP contribution in [0, 0.1) is 17.0 Å². The smallest absolute Gasteiger partial charge is 0.126 e. The molecule has 2 unspecified atom stereocenters. The predicted octanol–water partition coefficient (Wildman–Crippen LogP) is 3.41. The van der Waals surface area contributed by atoms with Crippen molar-refractivity contribution in [2.75, 3.05) is 0 Å². The lowest BCUT2D eigenvalue weighted by Crippen LogP contribution is -2.24. The van der Waals surface area contributed by atoms with E-state index in [0.29, 0.717) is 17.0 Å². The number of rotatable bonds is 3. The van der Waals surface area contributed by atoms with Crippen molar-refractivity contribution in [3.63, 3.8) is 0 Å². The molecule has 1 aromatic rings. The molecule has 88 valence electrons. The first-order chi connectivity index (χ1) is 7.38. The van der Waals surface area contributed by atoms with E-state index in [4.69, 9.17) is 0 Å². The second kappa shape index (κ2) is 3.81. The van der Waals surface area contributed by atoms with Gasteiger partial charge in [0.05, 0.1) is 0 Å². The van der Waals surface area contributed by atoms with Crippen molar-refractivity contribution >= 4 is 0 Å². The Bertz CT molecular complexity index is 381. The van der Waals surface area contributed by atoms with Crippen molar-refractivity contribution < 1.29 is 8.78 Å². The fourth-order valence-corrected chi connectivity index (χ4v) is 1.97. The summed E-state index contributed by atoms with van der Waals surface area (Å²) >= 11 is 0. The van der Waals surface area contributed by atoms with Gasteiger partial charge in [-0.05, 0) is 36.5 Å². The maximum atomic E-state index is 13.0. The maximum Gasteiger partial charge on any atom is 0.126 e. The Hall–Kier alpha value is -0.960. The number of benzene rings is 1. The fraction of sp³-hybridized carbons (Fsp3) is 0.538. The molecule has 0 bridgehead atoms. The topological polar surface area (TPSA) is 12.0 Å². The lowest BCUT2D eigenvalue weighted by Gasteiger charge is -2.15. The zero-order valence-electron chi connectivity index (χ0n) is 9.85. The lowest BCUT2D eigenvalue weighted by molar-refractivity contribution is 0.486. The minimum atomic E-state index is -0.515. The molecule has 0 aliphatic heterocycles. The monoisotopic (exact) mass is 225 g/mol. The molecule has 3 heteroatoms. The van der Waals surface area contributed by atoms with Gasteiger partial charge in [0.15, 0.2) is 0 Å². The predicted molar refractivity (Wildman–Crippen MR) is 60.1 cm³/mol. The highest BCUT2D eigenvalue weighted by atomic mass is 19.1. The zero-order chi connectivity index (χ0) is 11.9. The van der Waals surface area contributed by atoms with Crippen molar-refractivity contribution in [1.82, 2.24) is 5.32 Å². The summed E-state index contributed by atoms with van der Waals surface area (Å²) in [5.74, 6) is -1.03. The third-order valence-electron chi connectivity index (χ3n) is 3.35. The average molecular weight is 225 g/mol. The molecule has 0 spiro atoms. The molecule has 1 saturated carbocycles. The second-order valence-electron chi connectivity index (χ2n) is 5.34. The van der Waals surface area contributed by atoms with Crippen LogP contribution in [0.3, 0.4) is 0 Å². The Kier molecular flexibility index (Phi) is 2.74. The first-order valence-corrected chi connectivity index (χ1v) is 5.60. The van der Waals surface area contributed by atoms with Gasteiger partial charge in [-0.15, -0.1) is 0 Å². The summed E-state index contributed by atoms with van der Waals surface area (Å²) in [7, 11) is 0. The molecule has 0 amide bonds. The fourth-order valence-electron chi connectivity index (χ4n) is 1.97. The second-order valence-corrected chi connectivity index (χ2v) is 5.34. The normalized spacial score (nSPS) is 24.2. The molecule has 0 saturated heterocycles. The van der Waals surface area contributed by atoms with Crippen molar-refractivity contribution in [3.8, 4) is 0 Å². The molecule has 0 aromatic heterocycles. The van der Waals surface area contributed by atoms with Crippen LogP contribution in [0.1, 0.15) is 38.8 Å². The van der Waals surface area contributed by atoms with E-state index < -0.39 is 11.6 Å². The Labute approximate surface area is 94.9 Å². The third-order valence-corrected chi connectivity index (χ3v) is 3.35. The van der Waals surface area contributed by atoms with E-state index in [1.54, 1.807) is 0 Å². The largest absolute Gasteiger partial charge is 0.307 e. The minimum absolute atomic E-state index is 0.0167. The minimum Gasteiger partial charge on any atom is -0.307 e. The molecule has 1 N–H and O–H groups in total. The van der Waals surface area contributed by atoms with E-state index in [-0.39, 0.29) is 6.04 Å². The van der Waals surface area contributed by atoms with E-state index in [2.05, 4.69) is 19.2 Å². The lowest BCUT2D eigenvalue weighted by atomic mass is 10.1. The van der Waals surface area contributed by atoms with Gasteiger partial charge in [-0.1, -0.05) is 13.8 Å². The van der Waals surface area contributed by atoms with Gasteiger partial charge in [0.25, 0.3) is 0 Å². The van der Waals surface area contributed by atoms with Crippen LogP contribution < -0.4 is 5.32 Å². The summed E-state index contributed by atoms with van der Waals surface area (Å²) in [5, 5.41) is 3.38. The van der Waals surface area contributed by atoms with Gasteiger partial charge in [-0.3, -0.25) is 0 Å². The van der Waals surface area contributed by atoms with Crippen molar-refractivity contribution in [3.05, 3.63) is 35.4 Å². The number of nitrogens with one attached hydrogen (secondary N) is 1. The molecule has 1 fully saturated rings. The van der Waals surface area contributed by atoms with Gasteiger partial charge in [0.1, 0.15) is 11.6 Å². The highest BCUT2D eigenvalue weighted by Gasteiger charge is 2.45. The van der Waals surface area contributed by atoms with E-state index in [1.165, 1.54) is 12.1 Å². The van der Waals surface area contributed by atoms with Crippen LogP contribution in [-0.2, 0) is 0 Å². The van der Waals surface area contributed by atoms with E-state index >= 15 is 0 Å².